The highest BCUT2D eigenvalue weighted by Gasteiger charge is 2.20. The van der Waals surface area contributed by atoms with E-state index in [-0.39, 0.29) is 17.5 Å². The first-order chi connectivity index (χ1) is 8.81. The van der Waals surface area contributed by atoms with Crippen LogP contribution in [0.3, 0.4) is 0 Å². The zero-order valence-electron chi connectivity index (χ0n) is 12.1. The van der Waals surface area contributed by atoms with Gasteiger partial charge < -0.3 is 11.1 Å². The van der Waals surface area contributed by atoms with E-state index in [2.05, 4.69) is 15.2 Å². The lowest BCUT2D eigenvalue weighted by Crippen LogP contribution is -2.46. The molecular weight excluding hydrogens is 260 g/mol. The molecule has 0 radical (unpaired) electrons. The molecule has 5 nitrogen and oxygen atoms in total. The van der Waals surface area contributed by atoms with Crippen LogP contribution in [0.15, 0.2) is 10.9 Å². The van der Waals surface area contributed by atoms with E-state index in [0.717, 1.165) is 5.69 Å². The first kappa shape index (κ1) is 16.1. The third kappa shape index (κ3) is 6.13. The van der Waals surface area contributed by atoms with Crippen molar-refractivity contribution in [2.45, 2.75) is 45.3 Å². The average Bonchev–Trinajstić information content (AvgIpc) is 2.75. The van der Waals surface area contributed by atoms with Gasteiger partial charge in [0.2, 0.25) is 5.91 Å². The lowest BCUT2D eigenvalue weighted by atomic mass is 10.1. The van der Waals surface area contributed by atoms with E-state index in [4.69, 9.17) is 5.73 Å². The van der Waals surface area contributed by atoms with Crippen molar-refractivity contribution in [2.24, 2.45) is 5.73 Å². The molecule has 0 saturated carbocycles. The van der Waals surface area contributed by atoms with Crippen molar-refractivity contribution in [3.05, 3.63) is 16.6 Å². The second-order valence-corrected chi connectivity index (χ2v) is 6.51. The van der Waals surface area contributed by atoms with E-state index in [1.54, 1.807) is 11.3 Å². The number of likely N-dealkylation sites (N-methyl/N-ethyl adjacent to an activating group) is 1. The van der Waals surface area contributed by atoms with E-state index in [1.165, 1.54) is 0 Å². The second-order valence-electron chi connectivity index (χ2n) is 5.79. The molecule has 0 aliphatic heterocycles. The lowest BCUT2D eigenvalue weighted by Gasteiger charge is -2.28. The van der Waals surface area contributed by atoms with Crippen LogP contribution >= 0.6 is 11.3 Å². The number of hydrogen-bond donors (Lipinski definition) is 2. The molecule has 1 amide bonds. The number of hydrogen-bond acceptors (Lipinski definition) is 5. The number of carbonyl (C=O) groups is 1. The van der Waals surface area contributed by atoms with E-state index < -0.39 is 0 Å². The summed E-state index contributed by atoms with van der Waals surface area (Å²) in [6.07, 6.45) is 0.411. The van der Waals surface area contributed by atoms with Gasteiger partial charge in [-0.05, 0) is 27.8 Å². The summed E-state index contributed by atoms with van der Waals surface area (Å²) in [4.78, 5) is 18.3. The quantitative estimate of drug-likeness (QED) is 0.823. The summed E-state index contributed by atoms with van der Waals surface area (Å²) in [7, 11) is 1.97. The minimum Gasteiger partial charge on any atom is -0.351 e. The van der Waals surface area contributed by atoms with Gasteiger partial charge in [0.05, 0.1) is 11.2 Å². The molecule has 108 valence electrons. The van der Waals surface area contributed by atoms with E-state index >= 15 is 0 Å². The molecule has 1 aromatic rings. The molecule has 0 aliphatic carbocycles. The maximum Gasteiger partial charge on any atom is 0.222 e. The molecule has 1 heterocycles. The van der Waals surface area contributed by atoms with Gasteiger partial charge in [-0.3, -0.25) is 9.69 Å². The van der Waals surface area contributed by atoms with Crippen LogP contribution in [-0.4, -0.2) is 41.0 Å². The van der Waals surface area contributed by atoms with E-state index in [9.17, 15) is 4.79 Å². The van der Waals surface area contributed by atoms with Crippen LogP contribution in [0, 0.1) is 0 Å². The molecule has 1 unspecified atom stereocenters. The van der Waals surface area contributed by atoms with Crippen LogP contribution in [-0.2, 0) is 11.3 Å². The summed E-state index contributed by atoms with van der Waals surface area (Å²) in [5.74, 6) is 0.0353. The Labute approximate surface area is 119 Å². The maximum atomic E-state index is 11.9. The van der Waals surface area contributed by atoms with Gasteiger partial charge in [-0.2, -0.15) is 0 Å². The van der Waals surface area contributed by atoms with Crippen LogP contribution in [0.5, 0.6) is 0 Å². The highest BCUT2D eigenvalue weighted by atomic mass is 32.1. The number of rotatable bonds is 6. The number of thiazole rings is 1. The van der Waals surface area contributed by atoms with Crippen molar-refractivity contribution < 1.29 is 4.79 Å². The Hall–Kier alpha value is -0.980. The Morgan fingerprint density at radius 3 is 2.74 bits per heavy atom. The van der Waals surface area contributed by atoms with Gasteiger partial charge in [0.1, 0.15) is 0 Å². The number of carbonyl (C=O) groups excluding carboxylic acids is 1. The molecule has 6 heteroatoms. The largest absolute Gasteiger partial charge is 0.351 e. The zero-order chi connectivity index (χ0) is 14.5. The monoisotopic (exact) mass is 284 g/mol. The summed E-state index contributed by atoms with van der Waals surface area (Å²) in [5, 5.41) is 4.98. The minimum atomic E-state index is -0.205. The molecule has 19 heavy (non-hydrogen) atoms. The van der Waals surface area contributed by atoms with E-state index in [1.807, 2.05) is 38.7 Å². The van der Waals surface area contributed by atoms with Gasteiger partial charge >= 0.3 is 0 Å². The van der Waals surface area contributed by atoms with Crippen LogP contribution < -0.4 is 11.1 Å². The first-order valence-corrected chi connectivity index (χ1v) is 7.34. The number of nitrogens with one attached hydrogen (secondary N) is 1. The summed E-state index contributed by atoms with van der Waals surface area (Å²) in [6, 6.07) is 0.0315. The van der Waals surface area contributed by atoms with Gasteiger partial charge in [0.15, 0.2) is 0 Å². The number of nitrogens with two attached hydrogens (primary N) is 1. The summed E-state index contributed by atoms with van der Waals surface area (Å²) in [5.41, 5.74) is 8.40. The molecule has 0 saturated heterocycles. The average molecular weight is 284 g/mol. The Morgan fingerprint density at radius 1 is 1.58 bits per heavy atom. The molecule has 0 bridgehead atoms. The number of amides is 1. The third-order valence-corrected chi connectivity index (χ3v) is 3.36. The fraction of sp³-hybridized carbons (Fsp3) is 0.692. The van der Waals surface area contributed by atoms with Gasteiger partial charge in [0.25, 0.3) is 0 Å². The fourth-order valence-corrected chi connectivity index (χ4v) is 2.35. The molecule has 1 atom stereocenters. The van der Waals surface area contributed by atoms with Crippen molar-refractivity contribution in [1.29, 1.82) is 0 Å². The third-order valence-electron chi connectivity index (χ3n) is 2.73. The predicted octanol–water partition coefficient (Wildman–Crippen LogP) is 1.21. The molecular formula is C13H24N4OS. The van der Waals surface area contributed by atoms with Gasteiger partial charge in [-0.25, -0.2) is 4.98 Å². The second kappa shape index (κ2) is 6.98. The molecule has 1 rings (SSSR count). The zero-order valence-corrected chi connectivity index (χ0v) is 13.0. The number of nitrogens with zero attached hydrogens (tertiary/aromatic N) is 2. The van der Waals surface area contributed by atoms with Crippen LogP contribution in [0.4, 0.5) is 0 Å². The minimum absolute atomic E-state index is 0.0315. The van der Waals surface area contributed by atoms with Crippen molar-refractivity contribution in [3.63, 3.8) is 0 Å². The molecule has 0 aliphatic rings. The van der Waals surface area contributed by atoms with E-state index in [0.29, 0.717) is 19.5 Å². The molecule has 3 N–H and O–H groups in total. The fourth-order valence-electron chi connectivity index (χ4n) is 1.80. The SMILES string of the molecule is CN(Cc1cscn1)C(CN)CC(=O)NC(C)(C)C. The highest BCUT2D eigenvalue weighted by Crippen LogP contribution is 2.09. The van der Waals surface area contributed by atoms with Gasteiger partial charge in [0, 0.05) is 36.5 Å². The van der Waals surface area contributed by atoms with Crippen molar-refractivity contribution >= 4 is 17.2 Å². The number of aromatic nitrogens is 1. The summed E-state index contributed by atoms with van der Waals surface area (Å²) < 4.78 is 0. The van der Waals surface area contributed by atoms with Crippen molar-refractivity contribution in [3.8, 4) is 0 Å². The Balaban J connectivity index is 2.50. The Bertz CT molecular complexity index is 386. The predicted molar refractivity (Wildman–Crippen MR) is 78.9 cm³/mol. The standard InChI is InChI=1S/C13H24N4OS/c1-13(2,3)16-12(18)5-11(6-14)17(4)7-10-8-19-9-15-10/h8-9,11H,5-7,14H2,1-4H3,(H,16,18). The summed E-state index contributed by atoms with van der Waals surface area (Å²) in [6.45, 7) is 7.09. The van der Waals surface area contributed by atoms with Crippen molar-refractivity contribution in [1.82, 2.24) is 15.2 Å². The van der Waals surface area contributed by atoms with Crippen LogP contribution in [0.2, 0.25) is 0 Å². The first-order valence-electron chi connectivity index (χ1n) is 6.40. The lowest BCUT2D eigenvalue weighted by molar-refractivity contribution is -0.123. The molecule has 1 aromatic heterocycles. The van der Waals surface area contributed by atoms with Gasteiger partial charge in [-0.15, -0.1) is 11.3 Å². The Kier molecular flexibility index (Phi) is 5.90. The highest BCUT2D eigenvalue weighted by molar-refractivity contribution is 7.07. The van der Waals surface area contributed by atoms with Crippen LogP contribution in [0.25, 0.3) is 0 Å². The summed E-state index contributed by atoms with van der Waals surface area (Å²) >= 11 is 1.57. The maximum absolute atomic E-state index is 11.9. The van der Waals surface area contributed by atoms with Crippen molar-refractivity contribution in [2.75, 3.05) is 13.6 Å². The topological polar surface area (TPSA) is 71.2 Å². The molecule has 0 aromatic carbocycles. The van der Waals surface area contributed by atoms with Gasteiger partial charge in [-0.1, -0.05) is 0 Å². The Morgan fingerprint density at radius 2 is 2.26 bits per heavy atom. The normalized spacial score (nSPS) is 13.6. The molecule has 0 spiro atoms. The molecule has 0 fully saturated rings. The van der Waals surface area contributed by atoms with Crippen LogP contribution in [0.1, 0.15) is 32.9 Å². The smallest absolute Gasteiger partial charge is 0.222 e.